The summed E-state index contributed by atoms with van der Waals surface area (Å²) in [6.07, 6.45) is 2.08. The van der Waals surface area contributed by atoms with Gasteiger partial charge in [-0.2, -0.15) is 16.9 Å². The maximum atomic E-state index is 12.1. The highest BCUT2D eigenvalue weighted by molar-refractivity contribution is 7.97. The van der Waals surface area contributed by atoms with Crippen LogP contribution in [0, 0.1) is 13.8 Å². The first-order chi connectivity index (χ1) is 11.0. The first-order valence-corrected chi connectivity index (χ1v) is 9.10. The largest absolute Gasteiger partial charge is 0.334 e. The van der Waals surface area contributed by atoms with E-state index >= 15 is 0 Å². The van der Waals surface area contributed by atoms with Gasteiger partial charge >= 0.3 is 6.03 Å². The quantitative estimate of drug-likeness (QED) is 0.848. The van der Waals surface area contributed by atoms with Crippen LogP contribution in [0.15, 0.2) is 24.3 Å². The van der Waals surface area contributed by atoms with Crippen molar-refractivity contribution in [2.24, 2.45) is 0 Å². The number of nitrogens with zero attached hydrogens (tertiary/aromatic N) is 2. The fourth-order valence-corrected chi connectivity index (χ4v) is 3.03. The number of thioether (sulfide) groups is 1. The van der Waals surface area contributed by atoms with E-state index in [4.69, 9.17) is 0 Å². The molecule has 124 valence electrons. The molecule has 5 nitrogen and oxygen atoms in total. The molecule has 0 aliphatic carbocycles. The van der Waals surface area contributed by atoms with Gasteiger partial charge in [0.25, 0.3) is 0 Å². The minimum Gasteiger partial charge on any atom is -0.334 e. The molecule has 0 aliphatic heterocycles. The fraction of sp³-hybridized carbons (Fsp3) is 0.412. The number of hydrogen-bond donors (Lipinski definition) is 2. The molecule has 2 N–H and O–H groups in total. The number of carbonyl (C=O) groups excluding carboxylic acids is 1. The number of amides is 2. The summed E-state index contributed by atoms with van der Waals surface area (Å²) in [7, 11) is 0. The average Bonchev–Trinajstić information content (AvgIpc) is 2.81. The first-order valence-electron chi connectivity index (χ1n) is 7.70. The SMILES string of the molecule is CCn1nc(C)c(NC(=O)NCc2cccc(CSC)c2)c1C. The zero-order chi connectivity index (χ0) is 16.8. The Morgan fingerprint density at radius 2 is 2.04 bits per heavy atom. The van der Waals surface area contributed by atoms with Gasteiger partial charge in [0.15, 0.2) is 0 Å². The minimum atomic E-state index is -0.206. The molecule has 6 heteroatoms. The molecule has 0 atom stereocenters. The third kappa shape index (κ3) is 4.51. The van der Waals surface area contributed by atoms with E-state index in [2.05, 4.69) is 34.1 Å². The van der Waals surface area contributed by atoms with Gasteiger partial charge in [-0.05, 0) is 38.2 Å². The van der Waals surface area contributed by atoms with Crippen molar-refractivity contribution in [2.45, 2.75) is 39.6 Å². The second-order valence-electron chi connectivity index (χ2n) is 5.42. The smallest absolute Gasteiger partial charge is 0.319 e. The van der Waals surface area contributed by atoms with E-state index in [1.54, 1.807) is 11.8 Å². The molecule has 0 aliphatic rings. The van der Waals surface area contributed by atoms with Gasteiger partial charge in [0.2, 0.25) is 0 Å². The van der Waals surface area contributed by atoms with E-state index < -0.39 is 0 Å². The van der Waals surface area contributed by atoms with Crippen molar-refractivity contribution < 1.29 is 4.79 Å². The lowest BCUT2D eigenvalue weighted by molar-refractivity contribution is 0.251. The Balaban J connectivity index is 1.95. The highest BCUT2D eigenvalue weighted by Crippen LogP contribution is 2.19. The Morgan fingerprint density at radius 3 is 2.70 bits per heavy atom. The van der Waals surface area contributed by atoms with Crippen molar-refractivity contribution in [2.75, 3.05) is 11.6 Å². The van der Waals surface area contributed by atoms with E-state index in [9.17, 15) is 4.79 Å². The number of aryl methyl sites for hydroxylation is 2. The van der Waals surface area contributed by atoms with Crippen molar-refractivity contribution in [3.8, 4) is 0 Å². The van der Waals surface area contributed by atoms with E-state index in [1.165, 1.54) is 5.56 Å². The third-order valence-corrected chi connectivity index (χ3v) is 4.30. The summed E-state index contributed by atoms with van der Waals surface area (Å²) < 4.78 is 1.89. The number of benzene rings is 1. The van der Waals surface area contributed by atoms with Crippen LogP contribution in [0.2, 0.25) is 0 Å². The predicted molar refractivity (Wildman–Crippen MR) is 96.9 cm³/mol. The van der Waals surface area contributed by atoms with Gasteiger partial charge in [0.05, 0.1) is 17.1 Å². The predicted octanol–water partition coefficient (Wildman–Crippen LogP) is 3.70. The highest BCUT2D eigenvalue weighted by Gasteiger charge is 2.13. The number of carbonyl (C=O) groups is 1. The fourth-order valence-electron chi connectivity index (χ4n) is 2.52. The summed E-state index contributed by atoms with van der Waals surface area (Å²) in [5.41, 5.74) is 4.97. The molecule has 2 rings (SSSR count). The van der Waals surface area contributed by atoms with Gasteiger partial charge in [0, 0.05) is 18.8 Å². The number of rotatable bonds is 6. The maximum absolute atomic E-state index is 12.1. The van der Waals surface area contributed by atoms with Crippen LogP contribution in [0.1, 0.15) is 29.4 Å². The lowest BCUT2D eigenvalue weighted by atomic mass is 10.1. The van der Waals surface area contributed by atoms with Gasteiger partial charge in [-0.25, -0.2) is 4.79 Å². The van der Waals surface area contributed by atoms with Crippen molar-refractivity contribution in [1.82, 2.24) is 15.1 Å². The van der Waals surface area contributed by atoms with E-state index in [0.717, 1.165) is 34.9 Å². The molecule has 2 amide bonds. The normalized spacial score (nSPS) is 10.6. The Hall–Kier alpha value is -1.95. The van der Waals surface area contributed by atoms with Crippen LogP contribution in [-0.2, 0) is 18.8 Å². The monoisotopic (exact) mass is 332 g/mol. The van der Waals surface area contributed by atoms with Crippen LogP contribution in [0.25, 0.3) is 0 Å². The number of aromatic nitrogens is 2. The average molecular weight is 332 g/mol. The van der Waals surface area contributed by atoms with Crippen molar-refractivity contribution in [1.29, 1.82) is 0 Å². The molecular formula is C17H24N4OS. The minimum absolute atomic E-state index is 0.206. The first kappa shape index (κ1) is 17.4. The zero-order valence-corrected chi connectivity index (χ0v) is 15.0. The zero-order valence-electron chi connectivity index (χ0n) is 14.1. The molecule has 0 radical (unpaired) electrons. The topological polar surface area (TPSA) is 59.0 Å². The Kier molecular flexibility index (Phi) is 6.10. The van der Waals surface area contributed by atoms with Crippen LogP contribution in [0.5, 0.6) is 0 Å². The van der Waals surface area contributed by atoms with E-state index in [-0.39, 0.29) is 6.03 Å². The summed E-state index contributed by atoms with van der Waals surface area (Å²) in [6, 6.07) is 8.08. The van der Waals surface area contributed by atoms with Crippen molar-refractivity contribution >= 4 is 23.5 Å². The summed E-state index contributed by atoms with van der Waals surface area (Å²) in [5.74, 6) is 0.981. The molecule has 0 fully saturated rings. The standard InChI is InChI=1S/C17H24N4OS/c1-5-21-13(3)16(12(2)20-21)19-17(22)18-10-14-7-6-8-15(9-14)11-23-4/h6-9H,5,10-11H2,1-4H3,(H2,18,19,22). The van der Waals surface area contributed by atoms with Gasteiger partial charge in [-0.1, -0.05) is 24.3 Å². The maximum Gasteiger partial charge on any atom is 0.319 e. The molecule has 2 aromatic rings. The highest BCUT2D eigenvalue weighted by atomic mass is 32.2. The molecule has 0 saturated carbocycles. The lowest BCUT2D eigenvalue weighted by Crippen LogP contribution is -2.28. The second kappa shape index (κ2) is 8.06. The second-order valence-corrected chi connectivity index (χ2v) is 6.29. The van der Waals surface area contributed by atoms with E-state index in [1.807, 2.05) is 37.6 Å². The van der Waals surface area contributed by atoms with Crippen LogP contribution in [0.4, 0.5) is 10.5 Å². The molecule has 0 saturated heterocycles. The number of hydrogen-bond acceptors (Lipinski definition) is 3. The van der Waals surface area contributed by atoms with Gasteiger partial charge in [0.1, 0.15) is 0 Å². The summed E-state index contributed by atoms with van der Waals surface area (Å²) >= 11 is 1.79. The van der Waals surface area contributed by atoms with Crippen LogP contribution in [0.3, 0.4) is 0 Å². The lowest BCUT2D eigenvalue weighted by Gasteiger charge is -2.09. The molecule has 23 heavy (non-hydrogen) atoms. The van der Waals surface area contributed by atoms with Gasteiger partial charge in [-0.3, -0.25) is 4.68 Å². The summed E-state index contributed by atoms with van der Waals surface area (Å²) in [4.78, 5) is 12.1. The van der Waals surface area contributed by atoms with Crippen LogP contribution in [-0.4, -0.2) is 22.1 Å². The number of urea groups is 1. The molecule has 1 aromatic carbocycles. The van der Waals surface area contributed by atoms with E-state index in [0.29, 0.717) is 6.54 Å². The van der Waals surface area contributed by atoms with Crippen LogP contribution < -0.4 is 10.6 Å². The molecular weight excluding hydrogens is 308 g/mol. The van der Waals surface area contributed by atoms with Crippen LogP contribution >= 0.6 is 11.8 Å². The molecule has 0 bridgehead atoms. The summed E-state index contributed by atoms with van der Waals surface area (Å²) in [5, 5.41) is 10.2. The third-order valence-electron chi connectivity index (χ3n) is 3.68. The number of nitrogens with one attached hydrogen (secondary N) is 2. The van der Waals surface area contributed by atoms with Gasteiger partial charge < -0.3 is 10.6 Å². The van der Waals surface area contributed by atoms with Gasteiger partial charge in [-0.15, -0.1) is 0 Å². The molecule has 0 spiro atoms. The molecule has 1 heterocycles. The van der Waals surface area contributed by atoms with Crippen molar-refractivity contribution in [3.05, 3.63) is 46.8 Å². The van der Waals surface area contributed by atoms with Crippen molar-refractivity contribution in [3.63, 3.8) is 0 Å². The molecule has 1 aromatic heterocycles. The Bertz CT molecular complexity index is 681. The molecule has 0 unspecified atom stereocenters. The Labute approximate surface area is 141 Å². The summed E-state index contributed by atoms with van der Waals surface area (Å²) in [6.45, 7) is 7.20. The number of anilines is 1. The Morgan fingerprint density at radius 1 is 1.30 bits per heavy atom.